The molecule has 1 heterocycles. The van der Waals surface area contributed by atoms with Gasteiger partial charge in [0.15, 0.2) is 0 Å². The van der Waals surface area contributed by atoms with Crippen molar-refractivity contribution in [2.24, 2.45) is 0 Å². The molecular weight excluding hydrogens is 268 g/mol. The molecule has 0 N–H and O–H groups in total. The summed E-state index contributed by atoms with van der Waals surface area (Å²) in [5, 5.41) is 9.26. The van der Waals surface area contributed by atoms with Crippen molar-refractivity contribution in [3.8, 4) is 6.07 Å². The van der Waals surface area contributed by atoms with Crippen LogP contribution in [-0.4, -0.2) is 34.9 Å². The number of hydrogen-bond donors (Lipinski definition) is 0. The standard InChI is InChI=1S/C16H20N2OS/c1-13-4-3-5-14(10-13)11-15(19)18-8-6-16(12-17,20-2)7-9-18/h3-5,10H,6-9,11H2,1-2H3. The molecule has 106 valence electrons. The molecule has 1 aromatic carbocycles. The second kappa shape index (κ2) is 6.32. The Morgan fingerprint density at radius 2 is 2.15 bits per heavy atom. The van der Waals surface area contributed by atoms with Crippen LogP contribution in [0.2, 0.25) is 0 Å². The zero-order chi connectivity index (χ0) is 14.6. The molecule has 0 aromatic heterocycles. The quantitative estimate of drug-likeness (QED) is 0.859. The average Bonchev–Trinajstić information content (AvgIpc) is 2.47. The molecule has 20 heavy (non-hydrogen) atoms. The van der Waals surface area contributed by atoms with Crippen molar-refractivity contribution in [1.29, 1.82) is 5.26 Å². The summed E-state index contributed by atoms with van der Waals surface area (Å²) in [5.41, 5.74) is 2.25. The maximum Gasteiger partial charge on any atom is 0.226 e. The highest BCUT2D eigenvalue weighted by molar-refractivity contribution is 8.00. The van der Waals surface area contributed by atoms with Gasteiger partial charge in [0.05, 0.1) is 12.5 Å². The number of rotatable bonds is 3. The SMILES string of the molecule is CSC1(C#N)CCN(C(=O)Cc2cccc(C)c2)CC1. The molecule has 1 aromatic rings. The average molecular weight is 288 g/mol. The lowest BCUT2D eigenvalue weighted by Crippen LogP contribution is -2.44. The highest BCUT2D eigenvalue weighted by Crippen LogP contribution is 2.33. The zero-order valence-corrected chi connectivity index (χ0v) is 12.9. The Morgan fingerprint density at radius 1 is 1.45 bits per heavy atom. The molecule has 1 saturated heterocycles. The molecule has 1 amide bonds. The van der Waals surface area contributed by atoms with E-state index >= 15 is 0 Å². The summed E-state index contributed by atoms with van der Waals surface area (Å²) in [6.45, 7) is 3.42. The predicted molar refractivity (Wildman–Crippen MR) is 82.6 cm³/mol. The van der Waals surface area contributed by atoms with Crippen LogP contribution in [0.25, 0.3) is 0 Å². The summed E-state index contributed by atoms with van der Waals surface area (Å²) >= 11 is 1.61. The summed E-state index contributed by atoms with van der Waals surface area (Å²) in [4.78, 5) is 14.2. The molecule has 4 heteroatoms. The normalized spacial score (nSPS) is 17.6. The van der Waals surface area contributed by atoms with Gasteiger partial charge >= 0.3 is 0 Å². The summed E-state index contributed by atoms with van der Waals surface area (Å²) in [6, 6.07) is 10.5. The largest absolute Gasteiger partial charge is 0.342 e. The molecule has 0 saturated carbocycles. The van der Waals surface area contributed by atoms with Crippen LogP contribution in [0.15, 0.2) is 24.3 Å². The Hall–Kier alpha value is -1.47. The molecule has 1 fully saturated rings. The number of nitrogens with zero attached hydrogens (tertiary/aromatic N) is 2. The van der Waals surface area contributed by atoms with Crippen molar-refractivity contribution in [1.82, 2.24) is 4.90 Å². The molecule has 1 aliphatic heterocycles. The Kier molecular flexibility index (Phi) is 4.72. The third-order valence-electron chi connectivity index (χ3n) is 3.96. The molecule has 1 aliphatic rings. The lowest BCUT2D eigenvalue weighted by Gasteiger charge is -2.36. The maximum atomic E-state index is 12.3. The van der Waals surface area contributed by atoms with Crippen molar-refractivity contribution in [3.63, 3.8) is 0 Å². The van der Waals surface area contributed by atoms with Crippen LogP contribution in [0, 0.1) is 18.3 Å². The first-order valence-corrected chi connectivity index (χ1v) is 8.11. The number of carbonyl (C=O) groups is 1. The fourth-order valence-electron chi connectivity index (χ4n) is 2.59. The van der Waals surface area contributed by atoms with Gasteiger partial charge in [-0.05, 0) is 31.6 Å². The van der Waals surface area contributed by atoms with Crippen LogP contribution in [0.3, 0.4) is 0 Å². The van der Waals surface area contributed by atoms with Crippen LogP contribution < -0.4 is 0 Å². The minimum absolute atomic E-state index is 0.170. The number of carbonyl (C=O) groups excluding carboxylic acids is 1. The second-order valence-electron chi connectivity index (χ2n) is 5.36. The highest BCUT2D eigenvalue weighted by atomic mass is 32.2. The van der Waals surface area contributed by atoms with Crippen molar-refractivity contribution in [3.05, 3.63) is 35.4 Å². The Labute approximate surface area is 125 Å². The van der Waals surface area contributed by atoms with Gasteiger partial charge in [0, 0.05) is 13.1 Å². The number of amides is 1. The molecule has 0 atom stereocenters. The number of piperidine rings is 1. The van der Waals surface area contributed by atoms with E-state index in [2.05, 4.69) is 12.1 Å². The zero-order valence-electron chi connectivity index (χ0n) is 12.1. The lowest BCUT2D eigenvalue weighted by atomic mass is 9.96. The smallest absolute Gasteiger partial charge is 0.226 e. The van der Waals surface area contributed by atoms with E-state index in [0.717, 1.165) is 18.4 Å². The Morgan fingerprint density at radius 3 is 2.70 bits per heavy atom. The van der Waals surface area contributed by atoms with E-state index in [-0.39, 0.29) is 10.7 Å². The fourth-order valence-corrected chi connectivity index (χ4v) is 3.27. The number of aryl methyl sites for hydroxylation is 1. The number of benzene rings is 1. The van der Waals surface area contributed by atoms with Gasteiger partial charge in [-0.1, -0.05) is 29.8 Å². The second-order valence-corrected chi connectivity index (χ2v) is 6.55. The fraction of sp³-hybridized carbons (Fsp3) is 0.500. The number of hydrogen-bond acceptors (Lipinski definition) is 3. The summed E-state index contributed by atoms with van der Waals surface area (Å²) in [5.74, 6) is 0.170. The van der Waals surface area contributed by atoms with Gasteiger partial charge in [0.25, 0.3) is 0 Å². The highest BCUT2D eigenvalue weighted by Gasteiger charge is 2.35. The van der Waals surface area contributed by atoms with E-state index in [0.29, 0.717) is 19.5 Å². The van der Waals surface area contributed by atoms with Crippen LogP contribution in [0.5, 0.6) is 0 Å². The van der Waals surface area contributed by atoms with Crippen LogP contribution in [-0.2, 0) is 11.2 Å². The first-order chi connectivity index (χ1) is 9.58. The molecule has 3 nitrogen and oxygen atoms in total. The Bertz CT molecular complexity index is 528. The molecule has 2 rings (SSSR count). The monoisotopic (exact) mass is 288 g/mol. The van der Waals surface area contributed by atoms with Gasteiger partial charge in [-0.3, -0.25) is 4.79 Å². The van der Waals surface area contributed by atoms with Crippen molar-refractivity contribution in [2.45, 2.75) is 30.9 Å². The number of thioether (sulfide) groups is 1. The molecule has 0 aliphatic carbocycles. The first kappa shape index (κ1) is 14.9. The van der Waals surface area contributed by atoms with Crippen LogP contribution >= 0.6 is 11.8 Å². The molecule has 0 unspecified atom stereocenters. The van der Waals surface area contributed by atoms with E-state index in [1.165, 1.54) is 5.56 Å². The third kappa shape index (κ3) is 3.34. The predicted octanol–water partition coefficient (Wildman–Crippen LogP) is 2.79. The minimum Gasteiger partial charge on any atom is -0.342 e. The van der Waals surface area contributed by atoms with E-state index in [4.69, 9.17) is 0 Å². The van der Waals surface area contributed by atoms with E-state index in [1.54, 1.807) is 11.8 Å². The van der Waals surface area contributed by atoms with Crippen molar-refractivity contribution < 1.29 is 4.79 Å². The van der Waals surface area contributed by atoms with Gasteiger partial charge in [-0.25, -0.2) is 0 Å². The van der Waals surface area contributed by atoms with Gasteiger partial charge in [0.1, 0.15) is 4.75 Å². The molecule has 0 radical (unpaired) electrons. The molecule has 0 bridgehead atoms. The van der Waals surface area contributed by atoms with Crippen molar-refractivity contribution >= 4 is 17.7 Å². The van der Waals surface area contributed by atoms with E-state index in [9.17, 15) is 10.1 Å². The third-order valence-corrected chi connectivity index (χ3v) is 5.24. The first-order valence-electron chi connectivity index (χ1n) is 6.88. The Balaban J connectivity index is 1.94. The van der Waals surface area contributed by atoms with Gasteiger partial charge in [0.2, 0.25) is 5.91 Å². The van der Waals surface area contributed by atoms with Gasteiger partial charge in [-0.2, -0.15) is 5.26 Å². The number of nitriles is 1. The van der Waals surface area contributed by atoms with Gasteiger partial charge in [-0.15, -0.1) is 11.8 Å². The van der Waals surface area contributed by atoms with Gasteiger partial charge < -0.3 is 4.90 Å². The minimum atomic E-state index is -0.292. The number of likely N-dealkylation sites (tertiary alicyclic amines) is 1. The van der Waals surface area contributed by atoms with E-state index < -0.39 is 0 Å². The summed E-state index contributed by atoms with van der Waals surface area (Å²) in [7, 11) is 0. The molecule has 0 spiro atoms. The lowest BCUT2D eigenvalue weighted by molar-refractivity contribution is -0.131. The summed E-state index contributed by atoms with van der Waals surface area (Å²) < 4.78 is -0.292. The van der Waals surface area contributed by atoms with E-state index in [1.807, 2.05) is 36.3 Å². The van der Waals surface area contributed by atoms with Crippen LogP contribution in [0.1, 0.15) is 24.0 Å². The molecular formula is C16H20N2OS. The van der Waals surface area contributed by atoms with Crippen molar-refractivity contribution in [2.75, 3.05) is 19.3 Å². The van der Waals surface area contributed by atoms with Crippen LogP contribution in [0.4, 0.5) is 0 Å². The maximum absolute atomic E-state index is 12.3. The summed E-state index contributed by atoms with van der Waals surface area (Å²) in [6.07, 6.45) is 3.97. The topological polar surface area (TPSA) is 44.1 Å².